The summed E-state index contributed by atoms with van der Waals surface area (Å²) in [4.78, 5) is 0. The van der Waals surface area contributed by atoms with Crippen molar-refractivity contribution in [3.8, 4) is 5.75 Å². The summed E-state index contributed by atoms with van der Waals surface area (Å²) in [6, 6.07) is 10.8. The van der Waals surface area contributed by atoms with Gasteiger partial charge in [0.2, 0.25) is 0 Å². The summed E-state index contributed by atoms with van der Waals surface area (Å²) in [6.07, 6.45) is 10.8. The second-order valence-electron chi connectivity index (χ2n) is 6.34. The molecule has 1 aromatic carbocycles. The van der Waals surface area contributed by atoms with E-state index in [1.165, 1.54) is 44.9 Å². The van der Waals surface area contributed by atoms with E-state index in [1.807, 2.05) is 30.3 Å². The molecule has 1 saturated carbocycles. The number of rotatable bonds is 9. The molecule has 1 N–H and O–H groups in total. The van der Waals surface area contributed by atoms with Crippen LogP contribution in [0.2, 0.25) is 0 Å². The molecule has 1 fully saturated rings. The predicted octanol–water partition coefficient (Wildman–Crippen LogP) is 4.79. The highest BCUT2D eigenvalue weighted by atomic mass is 16.5. The van der Waals surface area contributed by atoms with E-state index in [2.05, 4.69) is 12.2 Å². The van der Waals surface area contributed by atoms with Crippen LogP contribution in [-0.2, 0) is 0 Å². The Hall–Kier alpha value is -1.02. The van der Waals surface area contributed by atoms with Crippen molar-refractivity contribution < 1.29 is 4.74 Å². The van der Waals surface area contributed by atoms with Crippen molar-refractivity contribution in [3.05, 3.63) is 30.3 Å². The Labute approximate surface area is 130 Å². The highest BCUT2D eigenvalue weighted by Gasteiger charge is 2.18. The standard InChI is InChI=1S/C19H31NO/c1-2-14-20-18(16-17-9-5-3-6-10-17)13-15-21-19-11-7-4-8-12-19/h4,7-8,11-12,17-18,20H,2-3,5-6,9-10,13-16H2,1H3. The maximum atomic E-state index is 5.87. The quantitative estimate of drug-likeness (QED) is 0.705. The molecule has 2 nitrogen and oxygen atoms in total. The van der Waals surface area contributed by atoms with Gasteiger partial charge in [-0.2, -0.15) is 0 Å². The smallest absolute Gasteiger partial charge is 0.119 e. The maximum absolute atomic E-state index is 5.87. The van der Waals surface area contributed by atoms with Gasteiger partial charge in [0.1, 0.15) is 5.75 Å². The second-order valence-corrected chi connectivity index (χ2v) is 6.34. The minimum absolute atomic E-state index is 0.622. The fourth-order valence-corrected chi connectivity index (χ4v) is 3.31. The number of hydrogen-bond acceptors (Lipinski definition) is 2. The number of nitrogens with one attached hydrogen (secondary N) is 1. The molecule has 0 saturated heterocycles. The van der Waals surface area contributed by atoms with Crippen LogP contribution in [0.1, 0.15) is 58.3 Å². The molecule has 1 unspecified atom stereocenters. The summed E-state index contributed by atoms with van der Waals surface area (Å²) in [5, 5.41) is 3.72. The Kier molecular flexibility index (Phi) is 7.66. The van der Waals surface area contributed by atoms with Gasteiger partial charge >= 0.3 is 0 Å². The summed E-state index contributed by atoms with van der Waals surface area (Å²) < 4.78 is 5.87. The van der Waals surface area contributed by atoms with Crippen LogP contribution in [0, 0.1) is 5.92 Å². The maximum Gasteiger partial charge on any atom is 0.119 e. The van der Waals surface area contributed by atoms with E-state index < -0.39 is 0 Å². The van der Waals surface area contributed by atoms with Gasteiger partial charge in [-0.15, -0.1) is 0 Å². The molecule has 0 amide bonds. The summed E-state index contributed by atoms with van der Waals surface area (Å²) in [5.74, 6) is 1.93. The zero-order chi connectivity index (χ0) is 14.8. The molecule has 118 valence electrons. The van der Waals surface area contributed by atoms with Crippen LogP contribution < -0.4 is 10.1 Å². The minimum atomic E-state index is 0.622. The SMILES string of the molecule is CCCNC(CCOc1ccccc1)CC1CCCCC1. The third-order valence-corrected chi connectivity index (χ3v) is 4.50. The monoisotopic (exact) mass is 289 g/mol. The van der Waals surface area contributed by atoms with Crippen molar-refractivity contribution >= 4 is 0 Å². The summed E-state index contributed by atoms with van der Waals surface area (Å²) in [7, 11) is 0. The van der Waals surface area contributed by atoms with Crippen LogP contribution in [0.25, 0.3) is 0 Å². The molecule has 0 bridgehead atoms. The number of para-hydroxylation sites is 1. The van der Waals surface area contributed by atoms with Crippen molar-refractivity contribution in [2.75, 3.05) is 13.2 Å². The van der Waals surface area contributed by atoms with Gasteiger partial charge in [-0.05, 0) is 43.9 Å². The Bertz CT molecular complexity index is 359. The first-order valence-electron chi connectivity index (χ1n) is 8.79. The number of ether oxygens (including phenoxy) is 1. The molecule has 0 aromatic heterocycles. The lowest BCUT2D eigenvalue weighted by molar-refractivity contribution is 0.247. The molecule has 0 heterocycles. The van der Waals surface area contributed by atoms with Crippen molar-refractivity contribution in [1.29, 1.82) is 0 Å². The third kappa shape index (κ3) is 6.52. The van der Waals surface area contributed by atoms with Crippen LogP contribution in [0.4, 0.5) is 0 Å². The zero-order valence-electron chi connectivity index (χ0n) is 13.5. The summed E-state index contributed by atoms with van der Waals surface area (Å²) in [5.41, 5.74) is 0. The van der Waals surface area contributed by atoms with Crippen molar-refractivity contribution in [2.45, 2.75) is 64.3 Å². The van der Waals surface area contributed by atoms with Gasteiger partial charge in [-0.3, -0.25) is 0 Å². The van der Waals surface area contributed by atoms with E-state index in [9.17, 15) is 0 Å². The first kappa shape index (κ1) is 16.4. The van der Waals surface area contributed by atoms with E-state index in [4.69, 9.17) is 4.74 Å². The largest absolute Gasteiger partial charge is 0.494 e. The van der Waals surface area contributed by atoms with Gasteiger partial charge < -0.3 is 10.1 Å². The van der Waals surface area contributed by atoms with E-state index in [0.29, 0.717) is 6.04 Å². The van der Waals surface area contributed by atoms with Gasteiger partial charge in [-0.1, -0.05) is 57.2 Å². The first-order valence-corrected chi connectivity index (χ1v) is 8.79. The molecular formula is C19H31NO. The molecule has 1 atom stereocenters. The highest BCUT2D eigenvalue weighted by molar-refractivity contribution is 5.20. The van der Waals surface area contributed by atoms with Crippen LogP contribution >= 0.6 is 0 Å². The molecular weight excluding hydrogens is 258 g/mol. The lowest BCUT2D eigenvalue weighted by Crippen LogP contribution is -2.33. The molecule has 2 heteroatoms. The molecule has 1 aromatic rings. The van der Waals surface area contributed by atoms with E-state index in [0.717, 1.165) is 31.2 Å². The van der Waals surface area contributed by atoms with Crippen LogP contribution in [0.3, 0.4) is 0 Å². The van der Waals surface area contributed by atoms with Crippen molar-refractivity contribution in [1.82, 2.24) is 5.32 Å². The highest BCUT2D eigenvalue weighted by Crippen LogP contribution is 2.28. The topological polar surface area (TPSA) is 21.3 Å². The normalized spacial score (nSPS) is 17.6. The van der Waals surface area contributed by atoms with Gasteiger partial charge in [-0.25, -0.2) is 0 Å². The van der Waals surface area contributed by atoms with Gasteiger partial charge in [0.15, 0.2) is 0 Å². The molecule has 21 heavy (non-hydrogen) atoms. The van der Waals surface area contributed by atoms with Crippen molar-refractivity contribution in [2.24, 2.45) is 5.92 Å². The van der Waals surface area contributed by atoms with E-state index in [1.54, 1.807) is 0 Å². The second kappa shape index (κ2) is 9.83. The van der Waals surface area contributed by atoms with Gasteiger partial charge in [0, 0.05) is 6.04 Å². The Morgan fingerprint density at radius 3 is 2.62 bits per heavy atom. The van der Waals surface area contributed by atoms with Crippen LogP contribution in [-0.4, -0.2) is 19.2 Å². The van der Waals surface area contributed by atoms with Crippen LogP contribution in [0.15, 0.2) is 30.3 Å². The lowest BCUT2D eigenvalue weighted by Gasteiger charge is -2.27. The predicted molar refractivity (Wildman–Crippen MR) is 89.8 cm³/mol. The Morgan fingerprint density at radius 2 is 1.90 bits per heavy atom. The third-order valence-electron chi connectivity index (χ3n) is 4.50. The summed E-state index contributed by atoms with van der Waals surface area (Å²) in [6.45, 7) is 4.19. The minimum Gasteiger partial charge on any atom is -0.494 e. The number of benzene rings is 1. The average molecular weight is 289 g/mol. The lowest BCUT2D eigenvalue weighted by atomic mass is 9.84. The van der Waals surface area contributed by atoms with E-state index in [-0.39, 0.29) is 0 Å². The molecule has 2 rings (SSSR count). The molecule has 0 aliphatic heterocycles. The Balaban J connectivity index is 1.72. The molecule has 0 spiro atoms. The van der Waals surface area contributed by atoms with Gasteiger partial charge in [0.25, 0.3) is 0 Å². The van der Waals surface area contributed by atoms with Gasteiger partial charge in [0.05, 0.1) is 6.61 Å². The fraction of sp³-hybridized carbons (Fsp3) is 0.684. The fourth-order valence-electron chi connectivity index (χ4n) is 3.31. The molecule has 1 aliphatic rings. The van der Waals surface area contributed by atoms with E-state index >= 15 is 0 Å². The molecule has 0 radical (unpaired) electrons. The summed E-state index contributed by atoms with van der Waals surface area (Å²) >= 11 is 0. The Morgan fingerprint density at radius 1 is 1.14 bits per heavy atom. The average Bonchev–Trinajstić information content (AvgIpc) is 2.54. The molecule has 1 aliphatic carbocycles. The number of hydrogen-bond donors (Lipinski definition) is 1. The zero-order valence-corrected chi connectivity index (χ0v) is 13.5. The van der Waals surface area contributed by atoms with Crippen molar-refractivity contribution in [3.63, 3.8) is 0 Å². The van der Waals surface area contributed by atoms with Crippen LogP contribution in [0.5, 0.6) is 5.75 Å². The first-order chi connectivity index (χ1) is 10.4.